The van der Waals surface area contributed by atoms with Gasteiger partial charge in [-0.1, -0.05) is 0 Å². The minimum absolute atomic E-state index is 0.0708. The van der Waals surface area contributed by atoms with E-state index in [1.807, 2.05) is 4.90 Å². The van der Waals surface area contributed by atoms with Crippen LogP contribution >= 0.6 is 0 Å². The Balaban J connectivity index is 2.30. The molecule has 0 atom stereocenters. The van der Waals surface area contributed by atoms with E-state index < -0.39 is 0 Å². The van der Waals surface area contributed by atoms with Gasteiger partial charge in [-0.05, 0) is 25.7 Å². The van der Waals surface area contributed by atoms with Gasteiger partial charge in [0.2, 0.25) is 11.8 Å². The monoisotopic (exact) mass is 256 g/mol. The highest BCUT2D eigenvalue weighted by atomic mass is 16.3. The Labute approximate surface area is 109 Å². The predicted molar refractivity (Wildman–Crippen MR) is 68.9 cm³/mol. The molecule has 0 spiro atoms. The van der Waals surface area contributed by atoms with Gasteiger partial charge in [-0.3, -0.25) is 9.59 Å². The summed E-state index contributed by atoms with van der Waals surface area (Å²) < 4.78 is 0. The molecule has 1 N–H and O–H groups in total. The van der Waals surface area contributed by atoms with Crippen LogP contribution in [-0.4, -0.2) is 60.5 Å². The van der Waals surface area contributed by atoms with Gasteiger partial charge in [-0.25, -0.2) is 0 Å². The van der Waals surface area contributed by atoms with Crippen molar-refractivity contribution < 1.29 is 14.7 Å². The summed E-state index contributed by atoms with van der Waals surface area (Å²) in [7, 11) is 3.55. The fourth-order valence-corrected chi connectivity index (χ4v) is 2.29. The van der Waals surface area contributed by atoms with Crippen molar-refractivity contribution in [2.45, 2.75) is 32.1 Å². The summed E-state index contributed by atoms with van der Waals surface area (Å²) >= 11 is 0. The smallest absolute Gasteiger partial charge is 0.225 e. The van der Waals surface area contributed by atoms with Gasteiger partial charge in [-0.2, -0.15) is 0 Å². The van der Waals surface area contributed by atoms with Crippen LogP contribution in [0.1, 0.15) is 32.1 Å². The molecular formula is C13H24N2O3. The van der Waals surface area contributed by atoms with Gasteiger partial charge in [0.25, 0.3) is 0 Å². The molecule has 0 aliphatic carbocycles. The number of hydrogen-bond acceptors (Lipinski definition) is 3. The lowest BCUT2D eigenvalue weighted by atomic mass is 9.95. The Morgan fingerprint density at radius 2 is 1.83 bits per heavy atom. The lowest BCUT2D eigenvalue weighted by molar-refractivity contribution is -0.139. The summed E-state index contributed by atoms with van der Waals surface area (Å²) in [4.78, 5) is 27.1. The molecule has 104 valence electrons. The molecule has 18 heavy (non-hydrogen) atoms. The number of carbonyl (C=O) groups is 2. The molecule has 0 unspecified atom stereocenters. The first-order chi connectivity index (χ1) is 8.56. The van der Waals surface area contributed by atoms with E-state index in [4.69, 9.17) is 5.11 Å². The third kappa shape index (κ3) is 4.29. The molecule has 1 aliphatic heterocycles. The van der Waals surface area contributed by atoms with E-state index in [0.29, 0.717) is 25.9 Å². The van der Waals surface area contributed by atoms with Gasteiger partial charge in [0.15, 0.2) is 0 Å². The predicted octanol–water partition coefficient (Wildman–Crippen LogP) is 0.476. The number of hydrogen-bond donors (Lipinski definition) is 1. The van der Waals surface area contributed by atoms with Crippen LogP contribution in [0.3, 0.4) is 0 Å². The Morgan fingerprint density at radius 1 is 1.22 bits per heavy atom. The number of aliphatic hydroxyl groups excluding tert-OH is 1. The van der Waals surface area contributed by atoms with E-state index in [0.717, 1.165) is 19.3 Å². The van der Waals surface area contributed by atoms with Crippen LogP contribution in [0.2, 0.25) is 0 Å². The highest BCUT2D eigenvalue weighted by Gasteiger charge is 2.27. The van der Waals surface area contributed by atoms with Gasteiger partial charge in [0.1, 0.15) is 0 Å². The number of rotatable bonds is 5. The van der Waals surface area contributed by atoms with E-state index >= 15 is 0 Å². The number of aliphatic hydroxyl groups is 1. The third-order valence-corrected chi connectivity index (χ3v) is 3.44. The topological polar surface area (TPSA) is 60.9 Å². The number of piperidine rings is 1. The van der Waals surface area contributed by atoms with Gasteiger partial charge in [0.05, 0.1) is 0 Å². The molecule has 1 fully saturated rings. The zero-order valence-electron chi connectivity index (χ0n) is 11.4. The number of amides is 2. The van der Waals surface area contributed by atoms with Crippen LogP contribution in [0.25, 0.3) is 0 Å². The first kappa shape index (κ1) is 15.0. The maximum absolute atomic E-state index is 11.8. The fourth-order valence-electron chi connectivity index (χ4n) is 2.29. The molecule has 0 saturated carbocycles. The van der Waals surface area contributed by atoms with E-state index in [1.54, 1.807) is 19.0 Å². The molecule has 0 aromatic heterocycles. The minimum Gasteiger partial charge on any atom is -0.396 e. The summed E-state index contributed by atoms with van der Waals surface area (Å²) in [5.74, 6) is 0.392. The first-order valence-corrected chi connectivity index (χ1v) is 6.66. The van der Waals surface area contributed by atoms with Crippen molar-refractivity contribution in [2.24, 2.45) is 5.92 Å². The van der Waals surface area contributed by atoms with Crippen LogP contribution in [-0.2, 0) is 9.59 Å². The Bertz CT molecular complexity index is 284. The molecule has 0 aromatic rings. The average molecular weight is 256 g/mol. The molecule has 1 rings (SSSR count). The summed E-state index contributed by atoms with van der Waals surface area (Å²) in [5, 5.41) is 8.67. The van der Waals surface area contributed by atoms with Crippen molar-refractivity contribution >= 4 is 11.8 Å². The lowest BCUT2D eigenvalue weighted by Crippen LogP contribution is -2.42. The summed E-state index contributed by atoms with van der Waals surface area (Å²) in [5.41, 5.74) is 0. The summed E-state index contributed by atoms with van der Waals surface area (Å²) in [6, 6.07) is 0. The van der Waals surface area contributed by atoms with E-state index in [9.17, 15) is 9.59 Å². The van der Waals surface area contributed by atoms with Crippen molar-refractivity contribution in [1.29, 1.82) is 0 Å². The van der Waals surface area contributed by atoms with Crippen molar-refractivity contribution in [2.75, 3.05) is 33.8 Å². The van der Waals surface area contributed by atoms with Gasteiger partial charge in [-0.15, -0.1) is 0 Å². The molecule has 0 aromatic carbocycles. The largest absolute Gasteiger partial charge is 0.396 e. The molecule has 0 bridgehead atoms. The molecule has 5 heteroatoms. The van der Waals surface area contributed by atoms with E-state index in [1.165, 1.54) is 0 Å². The fraction of sp³-hybridized carbons (Fsp3) is 0.846. The maximum atomic E-state index is 11.8. The molecular weight excluding hydrogens is 232 g/mol. The normalized spacial score (nSPS) is 16.7. The van der Waals surface area contributed by atoms with Gasteiger partial charge < -0.3 is 14.9 Å². The van der Waals surface area contributed by atoms with Crippen LogP contribution in [0, 0.1) is 5.92 Å². The van der Waals surface area contributed by atoms with Gasteiger partial charge >= 0.3 is 0 Å². The van der Waals surface area contributed by atoms with E-state index in [2.05, 4.69) is 0 Å². The Morgan fingerprint density at radius 3 is 2.33 bits per heavy atom. The third-order valence-electron chi connectivity index (χ3n) is 3.44. The maximum Gasteiger partial charge on any atom is 0.225 e. The zero-order chi connectivity index (χ0) is 13.5. The lowest BCUT2D eigenvalue weighted by Gasteiger charge is -2.32. The second-order valence-electron chi connectivity index (χ2n) is 5.07. The first-order valence-electron chi connectivity index (χ1n) is 6.66. The number of likely N-dealkylation sites (tertiary alicyclic amines) is 1. The SMILES string of the molecule is CN(C)C(=O)C1CCN(C(=O)CCCCO)CC1. The minimum atomic E-state index is 0.0708. The Kier molecular flexibility index (Phi) is 6.12. The highest BCUT2D eigenvalue weighted by Crippen LogP contribution is 2.19. The molecule has 1 heterocycles. The molecule has 5 nitrogen and oxygen atoms in total. The van der Waals surface area contributed by atoms with Crippen LogP contribution < -0.4 is 0 Å². The van der Waals surface area contributed by atoms with Crippen LogP contribution in [0.15, 0.2) is 0 Å². The number of nitrogens with zero attached hydrogens (tertiary/aromatic N) is 2. The second kappa shape index (κ2) is 7.36. The zero-order valence-corrected chi connectivity index (χ0v) is 11.4. The quantitative estimate of drug-likeness (QED) is 0.728. The highest BCUT2D eigenvalue weighted by molar-refractivity contribution is 5.79. The molecule has 1 saturated heterocycles. The molecule has 0 radical (unpaired) electrons. The van der Waals surface area contributed by atoms with Crippen LogP contribution in [0.4, 0.5) is 0 Å². The van der Waals surface area contributed by atoms with Crippen molar-refractivity contribution in [3.8, 4) is 0 Å². The Hall–Kier alpha value is -1.10. The van der Waals surface area contributed by atoms with E-state index in [-0.39, 0.29) is 24.3 Å². The number of carbonyl (C=O) groups excluding carboxylic acids is 2. The second-order valence-corrected chi connectivity index (χ2v) is 5.07. The average Bonchev–Trinajstić information content (AvgIpc) is 2.38. The van der Waals surface area contributed by atoms with Gasteiger partial charge in [0, 0.05) is 46.1 Å². The van der Waals surface area contributed by atoms with Crippen LogP contribution in [0.5, 0.6) is 0 Å². The molecule has 1 aliphatic rings. The standard InChI is InChI=1S/C13H24N2O3/c1-14(2)13(18)11-6-8-15(9-7-11)12(17)5-3-4-10-16/h11,16H,3-10H2,1-2H3. The molecule has 2 amide bonds. The van der Waals surface area contributed by atoms with Crippen molar-refractivity contribution in [1.82, 2.24) is 9.80 Å². The summed E-state index contributed by atoms with van der Waals surface area (Å²) in [6.07, 6.45) is 3.46. The van der Waals surface area contributed by atoms with Crippen molar-refractivity contribution in [3.05, 3.63) is 0 Å². The summed E-state index contributed by atoms with van der Waals surface area (Å²) in [6.45, 7) is 1.51. The number of unbranched alkanes of at least 4 members (excludes halogenated alkanes) is 1. The van der Waals surface area contributed by atoms with Crippen molar-refractivity contribution in [3.63, 3.8) is 0 Å².